The number of aryl methyl sites for hydroxylation is 1. The highest BCUT2D eigenvalue weighted by Gasteiger charge is 2.03. The highest BCUT2D eigenvalue weighted by Crippen LogP contribution is 2.12. The van der Waals surface area contributed by atoms with Crippen LogP contribution in [0.5, 0.6) is 0 Å². The van der Waals surface area contributed by atoms with E-state index in [2.05, 4.69) is 17.2 Å². The SMILES string of the molecule is CCc1cnc(CNC(=O)CC#N)s1. The van der Waals surface area contributed by atoms with Gasteiger partial charge in [0, 0.05) is 11.1 Å². The number of hydrogen-bond acceptors (Lipinski definition) is 4. The number of amides is 1. The van der Waals surface area contributed by atoms with Crippen LogP contribution in [0.2, 0.25) is 0 Å². The topological polar surface area (TPSA) is 65.8 Å². The number of nitrogens with one attached hydrogen (secondary N) is 1. The molecule has 1 aromatic heterocycles. The van der Waals surface area contributed by atoms with E-state index in [1.807, 2.05) is 6.20 Å². The number of rotatable bonds is 4. The lowest BCUT2D eigenvalue weighted by atomic mass is 10.4. The molecule has 5 heteroatoms. The molecule has 0 unspecified atom stereocenters. The van der Waals surface area contributed by atoms with Gasteiger partial charge in [-0.1, -0.05) is 6.92 Å². The van der Waals surface area contributed by atoms with Crippen LogP contribution in [-0.2, 0) is 17.8 Å². The van der Waals surface area contributed by atoms with E-state index in [0.717, 1.165) is 11.4 Å². The van der Waals surface area contributed by atoms with Crippen molar-refractivity contribution in [2.45, 2.75) is 26.3 Å². The van der Waals surface area contributed by atoms with Gasteiger partial charge in [-0.05, 0) is 6.42 Å². The zero-order valence-electron chi connectivity index (χ0n) is 7.91. The molecule has 14 heavy (non-hydrogen) atoms. The predicted molar refractivity (Wildman–Crippen MR) is 53.6 cm³/mol. The minimum Gasteiger partial charge on any atom is -0.349 e. The highest BCUT2D eigenvalue weighted by atomic mass is 32.1. The summed E-state index contributed by atoms with van der Waals surface area (Å²) in [6, 6.07) is 1.79. The highest BCUT2D eigenvalue weighted by molar-refractivity contribution is 7.11. The van der Waals surface area contributed by atoms with Crippen molar-refractivity contribution < 1.29 is 4.79 Å². The van der Waals surface area contributed by atoms with Crippen LogP contribution in [0.1, 0.15) is 23.2 Å². The fourth-order valence-corrected chi connectivity index (χ4v) is 1.70. The first-order valence-corrected chi connectivity index (χ1v) is 5.15. The van der Waals surface area contributed by atoms with Crippen LogP contribution in [0, 0.1) is 11.3 Å². The molecule has 1 amide bonds. The van der Waals surface area contributed by atoms with Crippen molar-refractivity contribution in [2.24, 2.45) is 0 Å². The Labute approximate surface area is 86.6 Å². The first-order valence-electron chi connectivity index (χ1n) is 4.33. The van der Waals surface area contributed by atoms with Gasteiger partial charge in [0.05, 0.1) is 12.6 Å². The second-order valence-corrected chi connectivity index (χ2v) is 3.89. The van der Waals surface area contributed by atoms with E-state index in [9.17, 15) is 4.79 Å². The second kappa shape index (κ2) is 5.35. The summed E-state index contributed by atoms with van der Waals surface area (Å²) in [6.45, 7) is 2.48. The normalized spacial score (nSPS) is 9.43. The van der Waals surface area contributed by atoms with Crippen LogP contribution in [-0.4, -0.2) is 10.9 Å². The van der Waals surface area contributed by atoms with Gasteiger partial charge >= 0.3 is 0 Å². The molecule has 0 aliphatic carbocycles. The zero-order chi connectivity index (χ0) is 10.4. The summed E-state index contributed by atoms with van der Waals surface area (Å²) < 4.78 is 0. The van der Waals surface area contributed by atoms with Crippen molar-refractivity contribution in [1.29, 1.82) is 5.26 Å². The summed E-state index contributed by atoms with van der Waals surface area (Å²) in [5, 5.41) is 11.8. The number of thiazole rings is 1. The lowest BCUT2D eigenvalue weighted by Crippen LogP contribution is -2.21. The Morgan fingerprint density at radius 1 is 1.79 bits per heavy atom. The number of nitriles is 1. The second-order valence-electron chi connectivity index (χ2n) is 2.69. The number of carbonyl (C=O) groups excluding carboxylic acids is 1. The minimum atomic E-state index is -0.249. The molecule has 4 nitrogen and oxygen atoms in total. The van der Waals surface area contributed by atoms with Crippen molar-refractivity contribution in [2.75, 3.05) is 0 Å². The van der Waals surface area contributed by atoms with E-state index in [0.29, 0.717) is 6.54 Å². The summed E-state index contributed by atoms with van der Waals surface area (Å²) in [6.07, 6.45) is 2.69. The van der Waals surface area contributed by atoms with Gasteiger partial charge in [-0.3, -0.25) is 4.79 Å². The molecule has 0 fully saturated rings. The van der Waals surface area contributed by atoms with Gasteiger partial charge in [-0.2, -0.15) is 5.26 Å². The van der Waals surface area contributed by atoms with Gasteiger partial charge in [0.2, 0.25) is 5.91 Å². The molecular weight excluding hydrogens is 198 g/mol. The fourth-order valence-electron chi connectivity index (χ4n) is 0.902. The standard InChI is InChI=1S/C9H11N3OS/c1-2-7-5-12-9(14-7)6-11-8(13)3-4-10/h5H,2-3,6H2,1H3,(H,11,13). The van der Waals surface area contributed by atoms with E-state index in [1.165, 1.54) is 4.88 Å². The van der Waals surface area contributed by atoms with Crippen LogP contribution in [0.3, 0.4) is 0 Å². The summed E-state index contributed by atoms with van der Waals surface area (Å²) in [5.41, 5.74) is 0. The minimum absolute atomic E-state index is 0.0913. The maximum atomic E-state index is 10.9. The molecule has 0 aliphatic heterocycles. The Morgan fingerprint density at radius 2 is 2.57 bits per heavy atom. The van der Waals surface area contributed by atoms with Crippen LogP contribution in [0.25, 0.3) is 0 Å². The van der Waals surface area contributed by atoms with Gasteiger partial charge in [0.25, 0.3) is 0 Å². The van der Waals surface area contributed by atoms with Crippen molar-refractivity contribution in [3.05, 3.63) is 16.1 Å². The molecule has 1 aromatic rings. The first kappa shape index (κ1) is 10.7. The number of aromatic nitrogens is 1. The predicted octanol–water partition coefficient (Wildman–Crippen LogP) is 1.24. The zero-order valence-corrected chi connectivity index (χ0v) is 8.73. The maximum Gasteiger partial charge on any atom is 0.234 e. The molecule has 0 atom stereocenters. The molecule has 0 spiro atoms. The van der Waals surface area contributed by atoms with Gasteiger partial charge in [0.1, 0.15) is 11.4 Å². The summed E-state index contributed by atoms with van der Waals surface area (Å²) >= 11 is 1.58. The first-order chi connectivity index (χ1) is 6.76. The summed E-state index contributed by atoms with van der Waals surface area (Å²) in [4.78, 5) is 16.3. The largest absolute Gasteiger partial charge is 0.349 e. The van der Waals surface area contributed by atoms with Crippen LogP contribution in [0.4, 0.5) is 0 Å². The maximum absolute atomic E-state index is 10.9. The van der Waals surface area contributed by atoms with Gasteiger partial charge in [-0.15, -0.1) is 11.3 Å². The molecule has 0 aromatic carbocycles. The fraction of sp³-hybridized carbons (Fsp3) is 0.444. The smallest absolute Gasteiger partial charge is 0.234 e. The molecule has 0 bridgehead atoms. The van der Waals surface area contributed by atoms with Crippen molar-refractivity contribution >= 4 is 17.2 Å². The molecule has 0 aliphatic rings. The van der Waals surface area contributed by atoms with E-state index in [1.54, 1.807) is 17.4 Å². The van der Waals surface area contributed by atoms with Gasteiger partial charge in [0.15, 0.2) is 0 Å². The third-order valence-electron chi connectivity index (χ3n) is 1.63. The Kier molecular flexibility index (Phi) is 4.08. The van der Waals surface area contributed by atoms with Gasteiger partial charge < -0.3 is 5.32 Å². The van der Waals surface area contributed by atoms with Crippen molar-refractivity contribution in [1.82, 2.24) is 10.3 Å². The Morgan fingerprint density at radius 3 is 3.14 bits per heavy atom. The van der Waals surface area contributed by atoms with E-state index in [-0.39, 0.29) is 12.3 Å². The molecule has 74 valence electrons. The molecular formula is C9H11N3OS. The molecule has 0 saturated carbocycles. The number of carbonyl (C=O) groups is 1. The third-order valence-corrected chi connectivity index (χ3v) is 2.77. The summed E-state index contributed by atoms with van der Waals surface area (Å²) in [7, 11) is 0. The van der Waals surface area contributed by atoms with Crippen molar-refractivity contribution in [3.63, 3.8) is 0 Å². The molecule has 1 rings (SSSR count). The average Bonchev–Trinajstić information content (AvgIpc) is 2.63. The Hall–Kier alpha value is -1.41. The van der Waals surface area contributed by atoms with E-state index >= 15 is 0 Å². The number of nitrogens with zero attached hydrogens (tertiary/aromatic N) is 2. The van der Waals surface area contributed by atoms with Crippen LogP contribution >= 0.6 is 11.3 Å². The molecule has 0 radical (unpaired) electrons. The monoisotopic (exact) mass is 209 g/mol. The molecule has 0 saturated heterocycles. The average molecular weight is 209 g/mol. The van der Waals surface area contributed by atoms with E-state index < -0.39 is 0 Å². The number of hydrogen-bond donors (Lipinski definition) is 1. The molecule has 1 heterocycles. The quantitative estimate of drug-likeness (QED) is 0.811. The van der Waals surface area contributed by atoms with Crippen LogP contribution < -0.4 is 5.32 Å². The summed E-state index contributed by atoms with van der Waals surface area (Å²) in [5.74, 6) is -0.249. The molecule has 1 N–H and O–H groups in total. The Balaban J connectivity index is 2.38. The van der Waals surface area contributed by atoms with Crippen LogP contribution in [0.15, 0.2) is 6.20 Å². The Bertz CT molecular complexity index is 353. The lowest BCUT2D eigenvalue weighted by molar-refractivity contribution is -0.120. The van der Waals surface area contributed by atoms with Crippen molar-refractivity contribution in [3.8, 4) is 6.07 Å². The van der Waals surface area contributed by atoms with E-state index in [4.69, 9.17) is 5.26 Å². The third kappa shape index (κ3) is 3.15. The lowest BCUT2D eigenvalue weighted by Gasteiger charge is -1.97. The van der Waals surface area contributed by atoms with Gasteiger partial charge in [-0.25, -0.2) is 4.98 Å².